The van der Waals surface area contributed by atoms with Crippen LogP contribution in [0.4, 0.5) is 11.5 Å². The van der Waals surface area contributed by atoms with Crippen molar-refractivity contribution >= 4 is 34.7 Å². The Morgan fingerprint density at radius 1 is 1.46 bits per heavy atom. The standard InChI is InChI=1S/C16H16ClN7O2/c1-26-13-9(17)5-20-6-11(13)22-16(25)12-14(18)23-24-7-8-4-19-3-2-10(8)21-15(12)24/h5-7,19H,2-4H2,1H3,(H2,18,23)(H,22,25). The molecule has 1 aliphatic rings. The van der Waals surface area contributed by atoms with Crippen LogP contribution in [0.2, 0.25) is 5.02 Å². The number of aromatic nitrogens is 4. The molecule has 0 radical (unpaired) electrons. The highest BCUT2D eigenvalue weighted by Crippen LogP contribution is 2.32. The van der Waals surface area contributed by atoms with Gasteiger partial charge in [-0.05, 0) is 0 Å². The maximum atomic E-state index is 12.8. The fourth-order valence-corrected chi connectivity index (χ4v) is 3.21. The molecular weight excluding hydrogens is 358 g/mol. The summed E-state index contributed by atoms with van der Waals surface area (Å²) in [5, 5.41) is 10.5. The van der Waals surface area contributed by atoms with Crippen LogP contribution in [0.5, 0.6) is 5.75 Å². The molecule has 0 aliphatic carbocycles. The second-order valence-electron chi connectivity index (χ2n) is 5.82. The summed E-state index contributed by atoms with van der Waals surface area (Å²) in [5.74, 6) is -0.0398. The third-order valence-corrected chi connectivity index (χ3v) is 4.46. The molecule has 3 aromatic rings. The van der Waals surface area contributed by atoms with E-state index in [4.69, 9.17) is 22.1 Å². The van der Waals surface area contributed by atoms with Crippen molar-refractivity contribution in [2.24, 2.45) is 0 Å². The molecule has 0 atom stereocenters. The van der Waals surface area contributed by atoms with Crippen molar-refractivity contribution in [3.63, 3.8) is 0 Å². The first kappa shape index (κ1) is 16.6. The zero-order valence-corrected chi connectivity index (χ0v) is 14.7. The molecule has 1 aliphatic heterocycles. The molecule has 9 nitrogen and oxygen atoms in total. The average Bonchev–Trinajstić information content (AvgIpc) is 2.94. The Labute approximate surface area is 153 Å². The number of anilines is 2. The van der Waals surface area contributed by atoms with E-state index in [9.17, 15) is 4.79 Å². The summed E-state index contributed by atoms with van der Waals surface area (Å²) in [7, 11) is 1.46. The van der Waals surface area contributed by atoms with Crippen LogP contribution >= 0.6 is 11.6 Å². The fourth-order valence-electron chi connectivity index (χ4n) is 2.98. The van der Waals surface area contributed by atoms with Gasteiger partial charge in [0.1, 0.15) is 16.3 Å². The van der Waals surface area contributed by atoms with Crippen molar-refractivity contribution in [2.75, 3.05) is 24.7 Å². The minimum atomic E-state index is -0.457. The van der Waals surface area contributed by atoms with Crippen LogP contribution in [0.1, 0.15) is 21.6 Å². The van der Waals surface area contributed by atoms with Crippen molar-refractivity contribution in [1.82, 2.24) is 24.9 Å². The fraction of sp³-hybridized carbons (Fsp3) is 0.250. The third kappa shape index (κ3) is 2.71. The Bertz CT molecular complexity index is 1020. The van der Waals surface area contributed by atoms with Gasteiger partial charge < -0.3 is 21.1 Å². The van der Waals surface area contributed by atoms with E-state index >= 15 is 0 Å². The normalized spacial score (nSPS) is 13.5. The van der Waals surface area contributed by atoms with Crippen molar-refractivity contribution in [3.05, 3.63) is 40.4 Å². The van der Waals surface area contributed by atoms with Crippen LogP contribution in [0, 0.1) is 0 Å². The molecule has 134 valence electrons. The van der Waals surface area contributed by atoms with Gasteiger partial charge in [0.2, 0.25) is 0 Å². The molecule has 10 heteroatoms. The zero-order valence-electron chi connectivity index (χ0n) is 13.9. The first-order valence-electron chi connectivity index (χ1n) is 7.94. The summed E-state index contributed by atoms with van der Waals surface area (Å²) in [4.78, 5) is 21.4. The molecule has 3 aromatic heterocycles. The highest BCUT2D eigenvalue weighted by molar-refractivity contribution is 6.32. The Hall–Kier alpha value is -2.91. The van der Waals surface area contributed by atoms with Gasteiger partial charge in [0, 0.05) is 37.5 Å². The number of ether oxygens (including phenoxy) is 1. The molecule has 4 heterocycles. The van der Waals surface area contributed by atoms with Crippen molar-refractivity contribution in [3.8, 4) is 5.75 Å². The van der Waals surface area contributed by atoms with Crippen LogP contribution < -0.4 is 21.1 Å². The number of carbonyl (C=O) groups excluding carboxylic acids is 1. The summed E-state index contributed by atoms with van der Waals surface area (Å²) < 4.78 is 6.76. The van der Waals surface area contributed by atoms with Gasteiger partial charge in [-0.3, -0.25) is 9.78 Å². The Balaban J connectivity index is 1.75. The molecule has 0 saturated carbocycles. The average molecular weight is 374 g/mol. The number of hydrogen-bond acceptors (Lipinski definition) is 7. The largest absolute Gasteiger partial charge is 0.493 e. The lowest BCUT2D eigenvalue weighted by molar-refractivity contribution is 0.102. The molecule has 4 rings (SSSR count). The van der Waals surface area contributed by atoms with Gasteiger partial charge in [-0.25, -0.2) is 9.50 Å². The van der Waals surface area contributed by atoms with E-state index in [1.54, 1.807) is 0 Å². The molecule has 4 N–H and O–H groups in total. The topological polar surface area (TPSA) is 119 Å². The number of halogens is 1. The quantitative estimate of drug-likeness (QED) is 0.632. The highest BCUT2D eigenvalue weighted by atomic mass is 35.5. The molecular formula is C16H16ClN7O2. The summed E-state index contributed by atoms with van der Waals surface area (Å²) in [6, 6.07) is 0. The van der Waals surface area contributed by atoms with Crippen molar-refractivity contribution in [1.29, 1.82) is 0 Å². The maximum Gasteiger partial charge on any atom is 0.263 e. The summed E-state index contributed by atoms with van der Waals surface area (Å²) in [5.41, 5.74) is 8.92. The second-order valence-corrected chi connectivity index (χ2v) is 6.23. The van der Waals surface area contributed by atoms with Crippen LogP contribution in [-0.4, -0.2) is 39.1 Å². The molecule has 0 fully saturated rings. The predicted octanol–water partition coefficient (Wildman–Crippen LogP) is 1.27. The lowest BCUT2D eigenvalue weighted by Crippen LogP contribution is -2.25. The number of nitrogen functional groups attached to an aromatic ring is 1. The van der Waals surface area contributed by atoms with Crippen LogP contribution in [0.15, 0.2) is 18.6 Å². The molecule has 0 unspecified atom stereocenters. The van der Waals surface area contributed by atoms with Gasteiger partial charge >= 0.3 is 0 Å². The molecule has 0 bridgehead atoms. The first-order valence-corrected chi connectivity index (χ1v) is 8.32. The van der Waals surface area contributed by atoms with Gasteiger partial charge in [0.05, 0.1) is 19.0 Å². The number of carbonyl (C=O) groups is 1. The van der Waals surface area contributed by atoms with Crippen molar-refractivity contribution < 1.29 is 9.53 Å². The van der Waals surface area contributed by atoms with Crippen LogP contribution in [0.3, 0.4) is 0 Å². The zero-order chi connectivity index (χ0) is 18.3. The minimum Gasteiger partial charge on any atom is -0.493 e. The summed E-state index contributed by atoms with van der Waals surface area (Å²) >= 11 is 6.05. The monoisotopic (exact) mass is 373 g/mol. The van der Waals surface area contributed by atoms with Gasteiger partial charge in [0.15, 0.2) is 17.2 Å². The van der Waals surface area contributed by atoms with E-state index in [0.29, 0.717) is 23.6 Å². The number of methoxy groups -OCH3 is 1. The number of rotatable bonds is 3. The smallest absolute Gasteiger partial charge is 0.263 e. The summed E-state index contributed by atoms with van der Waals surface area (Å²) in [6.45, 7) is 1.55. The highest BCUT2D eigenvalue weighted by Gasteiger charge is 2.23. The third-order valence-electron chi connectivity index (χ3n) is 4.19. The molecule has 0 aromatic carbocycles. The molecule has 1 amide bonds. The number of amides is 1. The number of nitrogens with two attached hydrogens (primary N) is 1. The summed E-state index contributed by atoms with van der Waals surface area (Å²) in [6.07, 6.45) is 5.51. The van der Waals surface area contributed by atoms with E-state index in [-0.39, 0.29) is 16.4 Å². The van der Waals surface area contributed by atoms with Crippen molar-refractivity contribution in [2.45, 2.75) is 13.0 Å². The number of nitrogens with zero attached hydrogens (tertiary/aromatic N) is 4. The Morgan fingerprint density at radius 2 is 2.31 bits per heavy atom. The lowest BCUT2D eigenvalue weighted by Gasteiger charge is -2.16. The lowest BCUT2D eigenvalue weighted by atomic mass is 10.1. The van der Waals surface area contributed by atoms with Gasteiger partial charge in [-0.1, -0.05) is 11.6 Å². The molecule has 0 spiro atoms. The number of nitrogens with one attached hydrogen (secondary N) is 2. The maximum absolute atomic E-state index is 12.8. The predicted molar refractivity (Wildman–Crippen MR) is 96.6 cm³/mol. The first-order chi connectivity index (χ1) is 12.6. The van der Waals surface area contributed by atoms with E-state index in [1.165, 1.54) is 24.0 Å². The van der Waals surface area contributed by atoms with E-state index < -0.39 is 5.91 Å². The van der Waals surface area contributed by atoms with Crippen LogP contribution in [-0.2, 0) is 13.0 Å². The van der Waals surface area contributed by atoms with Gasteiger partial charge in [-0.2, -0.15) is 0 Å². The molecule has 0 saturated heterocycles. The van der Waals surface area contributed by atoms with E-state index in [2.05, 4.69) is 25.7 Å². The van der Waals surface area contributed by atoms with Gasteiger partial charge in [0.25, 0.3) is 5.91 Å². The number of fused-ring (bicyclic) bond motifs is 2. The Kier molecular flexibility index (Phi) is 4.09. The van der Waals surface area contributed by atoms with Crippen LogP contribution in [0.25, 0.3) is 5.65 Å². The number of hydrogen-bond donors (Lipinski definition) is 3. The second kappa shape index (κ2) is 6.43. The van der Waals surface area contributed by atoms with Gasteiger partial charge in [-0.15, -0.1) is 5.10 Å². The molecule has 26 heavy (non-hydrogen) atoms. The van der Waals surface area contributed by atoms with E-state index in [0.717, 1.165) is 24.2 Å². The van der Waals surface area contributed by atoms with E-state index in [1.807, 2.05) is 6.20 Å². The number of pyridine rings is 1. The minimum absolute atomic E-state index is 0.0965. The Morgan fingerprint density at radius 3 is 3.12 bits per heavy atom. The SMILES string of the molecule is COc1c(Cl)cncc1NC(=O)c1c(N)nn2cc3c(nc12)CCNC3.